The first-order valence-corrected chi connectivity index (χ1v) is 6.22. The second kappa shape index (κ2) is 4.17. The average molecular weight is 232 g/mol. The first kappa shape index (κ1) is 12.2. The largest absolute Gasteiger partial charge is 0.481 e. The number of rotatable bonds is 1. The minimum Gasteiger partial charge on any atom is -0.481 e. The van der Waals surface area contributed by atoms with E-state index in [0.717, 1.165) is 12.8 Å². The number of carbonyl (C=O) groups is 1. The molecule has 2 rings (SSSR count). The van der Waals surface area contributed by atoms with Gasteiger partial charge in [-0.2, -0.15) is 0 Å². The van der Waals surface area contributed by atoms with Crippen molar-refractivity contribution in [3.8, 4) is 0 Å². The van der Waals surface area contributed by atoms with E-state index >= 15 is 0 Å². The Hall–Kier alpha value is -1.31. The molecule has 1 aliphatic carbocycles. The maximum Gasteiger partial charge on any atom is 0.307 e. The van der Waals surface area contributed by atoms with E-state index in [-0.39, 0.29) is 17.3 Å². The van der Waals surface area contributed by atoms with Crippen molar-refractivity contribution in [1.82, 2.24) is 0 Å². The first-order valence-electron chi connectivity index (χ1n) is 6.22. The molecule has 0 heterocycles. The summed E-state index contributed by atoms with van der Waals surface area (Å²) in [5, 5.41) is 9.40. The molecule has 0 radical (unpaired) electrons. The van der Waals surface area contributed by atoms with Crippen molar-refractivity contribution < 1.29 is 9.90 Å². The third-order valence-corrected chi connectivity index (χ3v) is 3.77. The number of hydrogen-bond donors (Lipinski definition) is 1. The van der Waals surface area contributed by atoms with Gasteiger partial charge < -0.3 is 5.11 Å². The Kier molecular flexibility index (Phi) is 2.98. The summed E-state index contributed by atoms with van der Waals surface area (Å²) in [5.41, 5.74) is 2.54. The Morgan fingerprint density at radius 1 is 1.29 bits per heavy atom. The second-order valence-electron chi connectivity index (χ2n) is 6.03. The molecule has 0 saturated heterocycles. The number of aliphatic carboxylic acids is 1. The third-order valence-electron chi connectivity index (χ3n) is 3.77. The van der Waals surface area contributed by atoms with E-state index in [1.165, 1.54) is 11.1 Å². The molecule has 1 aromatic rings. The maximum absolute atomic E-state index is 11.4. The standard InChI is InChI=1S/C15H20O2/c1-15(2,3)13-11-7-5-4-6-10(11)8-9-12(13)14(16)17/h4-7,12-13H,8-9H2,1-3H3,(H,16,17). The van der Waals surface area contributed by atoms with Gasteiger partial charge in [-0.25, -0.2) is 0 Å². The van der Waals surface area contributed by atoms with Crippen LogP contribution in [0.3, 0.4) is 0 Å². The van der Waals surface area contributed by atoms with E-state index < -0.39 is 5.97 Å². The van der Waals surface area contributed by atoms with E-state index in [2.05, 4.69) is 32.9 Å². The SMILES string of the molecule is CC(C)(C)C1c2ccccc2CCC1C(=O)O. The second-order valence-corrected chi connectivity index (χ2v) is 6.03. The summed E-state index contributed by atoms with van der Waals surface area (Å²) in [6.07, 6.45) is 1.65. The lowest BCUT2D eigenvalue weighted by Crippen LogP contribution is -2.35. The fraction of sp³-hybridized carbons (Fsp3) is 0.533. The van der Waals surface area contributed by atoms with Gasteiger partial charge >= 0.3 is 5.97 Å². The van der Waals surface area contributed by atoms with Crippen molar-refractivity contribution in [2.45, 2.75) is 39.5 Å². The first-order chi connectivity index (χ1) is 7.91. The Labute approximate surface area is 103 Å². The molecule has 0 fully saturated rings. The van der Waals surface area contributed by atoms with Crippen LogP contribution in [0.4, 0.5) is 0 Å². The molecule has 17 heavy (non-hydrogen) atoms. The Bertz CT molecular complexity index is 429. The quantitative estimate of drug-likeness (QED) is 0.805. The lowest BCUT2D eigenvalue weighted by Gasteiger charge is -2.40. The molecule has 0 spiro atoms. The van der Waals surface area contributed by atoms with Crippen molar-refractivity contribution in [2.24, 2.45) is 11.3 Å². The van der Waals surface area contributed by atoms with Crippen LogP contribution in [0.1, 0.15) is 44.2 Å². The number of carboxylic acids is 1. The molecule has 1 aromatic carbocycles. The van der Waals surface area contributed by atoms with Crippen molar-refractivity contribution in [1.29, 1.82) is 0 Å². The minimum atomic E-state index is -0.653. The smallest absolute Gasteiger partial charge is 0.307 e. The average Bonchev–Trinajstić information content (AvgIpc) is 2.26. The zero-order chi connectivity index (χ0) is 12.6. The highest BCUT2D eigenvalue weighted by molar-refractivity contribution is 5.72. The highest BCUT2D eigenvalue weighted by Crippen LogP contribution is 2.46. The van der Waals surface area contributed by atoms with E-state index in [9.17, 15) is 9.90 Å². The lowest BCUT2D eigenvalue weighted by atomic mass is 9.64. The lowest BCUT2D eigenvalue weighted by molar-refractivity contribution is -0.144. The van der Waals surface area contributed by atoms with E-state index in [0.29, 0.717) is 0 Å². The van der Waals surface area contributed by atoms with Crippen LogP contribution >= 0.6 is 0 Å². The van der Waals surface area contributed by atoms with Gasteiger partial charge in [-0.05, 0) is 29.4 Å². The molecule has 0 aliphatic heterocycles. The normalized spacial score (nSPS) is 24.2. The maximum atomic E-state index is 11.4. The van der Waals surface area contributed by atoms with Crippen LogP contribution in [-0.2, 0) is 11.2 Å². The van der Waals surface area contributed by atoms with Crippen LogP contribution in [0.5, 0.6) is 0 Å². The molecule has 2 heteroatoms. The van der Waals surface area contributed by atoms with Crippen LogP contribution < -0.4 is 0 Å². The number of carboxylic acid groups (broad SMARTS) is 1. The fourth-order valence-electron chi connectivity index (χ4n) is 3.10. The highest BCUT2D eigenvalue weighted by Gasteiger charge is 2.40. The van der Waals surface area contributed by atoms with Gasteiger partial charge in [0.15, 0.2) is 0 Å². The molecule has 0 aromatic heterocycles. The molecule has 1 N–H and O–H groups in total. The number of benzene rings is 1. The van der Waals surface area contributed by atoms with Gasteiger partial charge in [-0.1, -0.05) is 45.0 Å². The predicted molar refractivity (Wildman–Crippen MR) is 68.1 cm³/mol. The van der Waals surface area contributed by atoms with Crippen molar-refractivity contribution in [3.05, 3.63) is 35.4 Å². The zero-order valence-corrected chi connectivity index (χ0v) is 10.7. The third kappa shape index (κ3) is 2.21. The Morgan fingerprint density at radius 3 is 2.53 bits per heavy atom. The molecule has 2 unspecified atom stereocenters. The molecule has 0 saturated carbocycles. The topological polar surface area (TPSA) is 37.3 Å². The van der Waals surface area contributed by atoms with Crippen LogP contribution in [-0.4, -0.2) is 11.1 Å². The van der Waals surface area contributed by atoms with Gasteiger partial charge in [0.25, 0.3) is 0 Å². The highest BCUT2D eigenvalue weighted by atomic mass is 16.4. The molecule has 2 nitrogen and oxygen atoms in total. The summed E-state index contributed by atoms with van der Waals surface area (Å²) >= 11 is 0. The van der Waals surface area contributed by atoms with Gasteiger partial charge in [-0.3, -0.25) is 4.79 Å². The summed E-state index contributed by atoms with van der Waals surface area (Å²) in [7, 11) is 0. The van der Waals surface area contributed by atoms with Crippen molar-refractivity contribution >= 4 is 5.97 Å². The van der Waals surface area contributed by atoms with E-state index in [1.54, 1.807) is 0 Å². The summed E-state index contributed by atoms with van der Waals surface area (Å²) in [5.74, 6) is -0.783. The van der Waals surface area contributed by atoms with Gasteiger partial charge in [0.2, 0.25) is 0 Å². The zero-order valence-electron chi connectivity index (χ0n) is 10.7. The van der Waals surface area contributed by atoms with E-state index in [1.807, 2.05) is 12.1 Å². The van der Waals surface area contributed by atoms with E-state index in [4.69, 9.17) is 0 Å². The molecular weight excluding hydrogens is 212 g/mol. The van der Waals surface area contributed by atoms with Crippen LogP contribution in [0, 0.1) is 11.3 Å². The molecule has 2 atom stereocenters. The monoisotopic (exact) mass is 232 g/mol. The van der Waals surface area contributed by atoms with Gasteiger partial charge in [-0.15, -0.1) is 0 Å². The Morgan fingerprint density at radius 2 is 1.94 bits per heavy atom. The number of aryl methyl sites for hydroxylation is 1. The number of hydrogen-bond acceptors (Lipinski definition) is 1. The summed E-state index contributed by atoms with van der Waals surface area (Å²) in [6.45, 7) is 6.40. The number of fused-ring (bicyclic) bond motifs is 1. The van der Waals surface area contributed by atoms with Crippen LogP contribution in [0.15, 0.2) is 24.3 Å². The minimum absolute atomic E-state index is 0.0143. The molecule has 1 aliphatic rings. The van der Waals surface area contributed by atoms with Crippen molar-refractivity contribution in [2.75, 3.05) is 0 Å². The molecule has 0 bridgehead atoms. The predicted octanol–water partition coefficient (Wildman–Crippen LogP) is 3.46. The fourth-order valence-corrected chi connectivity index (χ4v) is 3.10. The summed E-state index contributed by atoms with van der Waals surface area (Å²) in [6, 6.07) is 8.29. The molecular formula is C15H20O2. The molecule has 0 amide bonds. The summed E-state index contributed by atoms with van der Waals surface area (Å²) in [4.78, 5) is 11.4. The van der Waals surface area contributed by atoms with Gasteiger partial charge in [0.1, 0.15) is 0 Å². The van der Waals surface area contributed by atoms with Crippen LogP contribution in [0.2, 0.25) is 0 Å². The van der Waals surface area contributed by atoms with Crippen LogP contribution in [0.25, 0.3) is 0 Å². The molecule has 92 valence electrons. The van der Waals surface area contributed by atoms with Crippen molar-refractivity contribution in [3.63, 3.8) is 0 Å². The van der Waals surface area contributed by atoms with Gasteiger partial charge in [0.05, 0.1) is 5.92 Å². The Balaban J connectivity index is 2.50. The van der Waals surface area contributed by atoms with Gasteiger partial charge in [0, 0.05) is 5.92 Å². The summed E-state index contributed by atoms with van der Waals surface area (Å²) < 4.78 is 0.